The lowest BCUT2D eigenvalue weighted by Gasteiger charge is -2.17. The van der Waals surface area contributed by atoms with E-state index in [-0.39, 0.29) is 36.0 Å². The second-order valence-corrected chi connectivity index (χ2v) is 3.73. The number of carbonyl (C=O) groups excluding carboxylic acids is 1. The molecule has 0 saturated carbocycles. The van der Waals surface area contributed by atoms with Gasteiger partial charge < -0.3 is 14.2 Å². The first-order valence-electron chi connectivity index (χ1n) is 5.99. The molecular formula is C13H15F3O4. The molecule has 0 spiro atoms. The quantitative estimate of drug-likeness (QED) is 0.724. The Bertz CT molecular complexity index is 430. The van der Waals surface area contributed by atoms with E-state index in [9.17, 15) is 18.0 Å². The maximum Gasteiger partial charge on any atom is 0.422 e. The molecule has 0 aliphatic heterocycles. The topological polar surface area (TPSA) is 44.8 Å². The third kappa shape index (κ3) is 4.64. The predicted molar refractivity (Wildman–Crippen MR) is 65.7 cm³/mol. The molecule has 20 heavy (non-hydrogen) atoms. The third-order valence-corrected chi connectivity index (χ3v) is 2.16. The molecule has 0 bridgehead atoms. The van der Waals surface area contributed by atoms with Crippen molar-refractivity contribution >= 4 is 6.29 Å². The first-order chi connectivity index (χ1) is 9.41. The van der Waals surface area contributed by atoms with Crippen molar-refractivity contribution in [3.8, 4) is 17.2 Å². The molecular weight excluding hydrogens is 277 g/mol. The van der Waals surface area contributed by atoms with Gasteiger partial charge in [0.15, 0.2) is 18.1 Å². The summed E-state index contributed by atoms with van der Waals surface area (Å²) in [7, 11) is 0. The highest BCUT2D eigenvalue weighted by Crippen LogP contribution is 2.39. The van der Waals surface area contributed by atoms with E-state index in [2.05, 4.69) is 0 Å². The zero-order chi connectivity index (χ0) is 15.2. The van der Waals surface area contributed by atoms with Crippen LogP contribution in [-0.4, -0.2) is 32.3 Å². The van der Waals surface area contributed by atoms with Gasteiger partial charge in [0.25, 0.3) is 0 Å². The molecule has 0 N–H and O–H groups in total. The van der Waals surface area contributed by atoms with Gasteiger partial charge in [-0.25, -0.2) is 0 Å². The Morgan fingerprint density at radius 3 is 1.90 bits per heavy atom. The lowest BCUT2D eigenvalue weighted by Crippen LogP contribution is -2.20. The number of aldehydes is 1. The maximum absolute atomic E-state index is 12.3. The highest BCUT2D eigenvalue weighted by atomic mass is 19.4. The Hall–Kier alpha value is -1.92. The monoisotopic (exact) mass is 292 g/mol. The molecule has 112 valence electrons. The largest absolute Gasteiger partial charge is 0.490 e. The van der Waals surface area contributed by atoms with Crippen molar-refractivity contribution in [1.82, 2.24) is 0 Å². The summed E-state index contributed by atoms with van der Waals surface area (Å²) in [5.74, 6) is -0.0637. The van der Waals surface area contributed by atoms with E-state index in [4.69, 9.17) is 14.2 Å². The molecule has 0 unspecified atom stereocenters. The Labute approximate surface area is 114 Å². The average Bonchev–Trinajstić information content (AvgIpc) is 2.37. The van der Waals surface area contributed by atoms with Gasteiger partial charge in [-0.15, -0.1) is 0 Å². The summed E-state index contributed by atoms with van der Waals surface area (Å²) in [4.78, 5) is 10.8. The molecule has 0 atom stereocenters. The van der Waals surface area contributed by atoms with Crippen molar-refractivity contribution in [2.75, 3.05) is 19.8 Å². The minimum absolute atomic E-state index is 0.0461. The van der Waals surface area contributed by atoms with Crippen molar-refractivity contribution in [3.05, 3.63) is 17.7 Å². The number of hydrogen-bond donors (Lipinski definition) is 0. The average molecular weight is 292 g/mol. The highest BCUT2D eigenvalue weighted by Gasteiger charge is 2.30. The van der Waals surface area contributed by atoms with E-state index in [1.807, 2.05) is 0 Å². The number of halogens is 3. The Balaban J connectivity index is 3.16. The fourth-order valence-electron chi connectivity index (χ4n) is 1.49. The minimum atomic E-state index is -4.48. The van der Waals surface area contributed by atoms with Crippen LogP contribution in [0.15, 0.2) is 12.1 Å². The van der Waals surface area contributed by atoms with Crippen LogP contribution in [0.2, 0.25) is 0 Å². The first-order valence-corrected chi connectivity index (χ1v) is 5.99. The molecule has 0 fully saturated rings. The van der Waals surface area contributed by atoms with Crippen LogP contribution < -0.4 is 14.2 Å². The van der Waals surface area contributed by atoms with Gasteiger partial charge >= 0.3 is 6.18 Å². The summed E-state index contributed by atoms with van der Waals surface area (Å²) >= 11 is 0. The van der Waals surface area contributed by atoms with Gasteiger partial charge in [0.05, 0.1) is 13.2 Å². The molecule has 0 aliphatic rings. The van der Waals surface area contributed by atoms with Crippen LogP contribution in [-0.2, 0) is 0 Å². The molecule has 7 heteroatoms. The number of carbonyl (C=O) groups is 1. The van der Waals surface area contributed by atoms with E-state index in [1.165, 1.54) is 12.1 Å². The number of rotatable bonds is 7. The number of benzene rings is 1. The lowest BCUT2D eigenvalue weighted by molar-refractivity contribution is -0.153. The van der Waals surface area contributed by atoms with Crippen molar-refractivity contribution < 1.29 is 32.2 Å². The highest BCUT2D eigenvalue weighted by molar-refractivity contribution is 5.78. The van der Waals surface area contributed by atoms with Gasteiger partial charge in [-0.05, 0) is 26.0 Å². The smallest absolute Gasteiger partial charge is 0.422 e. The van der Waals surface area contributed by atoms with E-state index in [0.717, 1.165) is 0 Å². The van der Waals surface area contributed by atoms with Crippen LogP contribution in [0.5, 0.6) is 17.2 Å². The molecule has 4 nitrogen and oxygen atoms in total. The fraction of sp³-hybridized carbons (Fsp3) is 0.462. The van der Waals surface area contributed by atoms with Crippen molar-refractivity contribution in [2.45, 2.75) is 20.0 Å². The normalized spacial score (nSPS) is 11.1. The van der Waals surface area contributed by atoms with Gasteiger partial charge in [-0.1, -0.05) is 0 Å². The van der Waals surface area contributed by atoms with E-state index < -0.39 is 12.8 Å². The summed E-state index contributed by atoms with van der Waals surface area (Å²) in [6.07, 6.45) is -3.92. The van der Waals surface area contributed by atoms with Gasteiger partial charge in [0.2, 0.25) is 5.75 Å². The number of hydrogen-bond acceptors (Lipinski definition) is 4. The van der Waals surface area contributed by atoms with Gasteiger partial charge in [-0.3, -0.25) is 4.79 Å². The lowest BCUT2D eigenvalue weighted by atomic mass is 10.2. The second kappa shape index (κ2) is 7.02. The molecule has 1 aromatic carbocycles. The molecule has 1 aromatic rings. The summed E-state index contributed by atoms with van der Waals surface area (Å²) < 4.78 is 51.9. The molecule has 0 aromatic heterocycles. The third-order valence-electron chi connectivity index (χ3n) is 2.16. The summed E-state index contributed by atoms with van der Waals surface area (Å²) in [5, 5.41) is 0. The molecule has 0 radical (unpaired) electrons. The van der Waals surface area contributed by atoms with Crippen molar-refractivity contribution in [1.29, 1.82) is 0 Å². The first kappa shape index (κ1) is 16.1. The minimum Gasteiger partial charge on any atom is -0.490 e. The molecule has 0 heterocycles. The van der Waals surface area contributed by atoms with Gasteiger partial charge in [0.1, 0.15) is 6.29 Å². The number of alkyl halides is 3. The molecule has 0 aliphatic carbocycles. The van der Waals surface area contributed by atoms with Gasteiger partial charge in [0, 0.05) is 5.56 Å². The second-order valence-electron chi connectivity index (χ2n) is 3.73. The Kier molecular flexibility index (Phi) is 5.66. The summed E-state index contributed by atoms with van der Waals surface area (Å²) in [5.41, 5.74) is 0.233. The van der Waals surface area contributed by atoms with Crippen LogP contribution >= 0.6 is 0 Å². The summed E-state index contributed by atoms with van der Waals surface area (Å²) in [6, 6.07) is 2.62. The van der Waals surface area contributed by atoms with Crippen molar-refractivity contribution in [3.63, 3.8) is 0 Å². The Morgan fingerprint density at radius 2 is 1.55 bits per heavy atom. The molecule has 0 amide bonds. The van der Waals surface area contributed by atoms with Crippen LogP contribution in [0.1, 0.15) is 24.2 Å². The fourth-order valence-corrected chi connectivity index (χ4v) is 1.49. The zero-order valence-electron chi connectivity index (χ0n) is 11.1. The van der Waals surface area contributed by atoms with E-state index in [0.29, 0.717) is 6.29 Å². The standard InChI is InChI=1S/C13H15F3O4/c1-3-18-10-5-9(7-17)6-11(19-4-2)12(10)20-8-13(14,15)16/h5-7H,3-4,8H2,1-2H3. The van der Waals surface area contributed by atoms with Crippen molar-refractivity contribution in [2.24, 2.45) is 0 Å². The van der Waals surface area contributed by atoms with Crippen LogP contribution in [0.25, 0.3) is 0 Å². The Morgan fingerprint density at radius 1 is 1.05 bits per heavy atom. The maximum atomic E-state index is 12.3. The van der Waals surface area contributed by atoms with E-state index >= 15 is 0 Å². The number of ether oxygens (including phenoxy) is 3. The van der Waals surface area contributed by atoms with Crippen LogP contribution in [0.4, 0.5) is 13.2 Å². The molecule has 0 saturated heterocycles. The SMILES string of the molecule is CCOc1cc(C=O)cc(OCC)c1OCC(F)(F)F. The molecule has 1 rings (SSSR count). The van der Waals surface area contributed by atoms with E-state index in [1.54, 1.807) is 13.8 Å². The van der Waals surface area contributed by atoms with Crippen LogP contribution in [0.3, 0.4) is 0 Å². The van der Waals surface area contributed by atoms with Crippen LogP contribution in [0, 0.1) is 0 Å². The predicted octanol–water partition coefficient (Wildman–Crippen LogP) is 3.24. The summed E-state index contributed by atoms with van der Waals surface area (Å²) in [6.45, 7) is 2.31. The zero-order valence-corrected chi connectivity index (χ0v) is 11.1. The van der Waals surface area contributed by atoms with Gasteiger partial charge in [-0.2, -0.15) is 13.2 Å².